The van der Waals surface area contributed by atoms with Gasteiger partial charge in [0.25, 0.3) is 0 Å². The molecule has 0 amide bonds. The van der Waals surface area contributed by atoms with Gasteiger partial charge < -0.3 is 5.11 Å². The second-order valence-corrected chi connectivity index (χ2v) is 5.27. The summed E-state index contributed by atoms with van der Waals surface area (Å²) in [6.07, 6.45) is 0.396. The Bertz CT molecular complexity index is 757. The average Bonchev–Trinajstić information content (AvgIpc) is 2.59. The van der Waals surface area contributed by atoms with Crippen LogP contribution in [-0.4, -0.2) is 16.9 Å². The number of nitriles is 1. The van der Waals surface area contributed by atoms with Crippen LogP contribution in [0.25, 0.3) is 11.1 Å². The van der Waals surface area contributed by atoms with Crippen LogP contribution in [0.5, 0.6) is 0 Å². The molecule has 0 saturated carbocycles. The van der Waals surface area contributed by atoms with Gasteiger partial charge in [-0.3, -0.25) is 9.59 Å². The quantitative estimate of drug-likeness (QED) is 0.829. The largest absolute Gasteiger partial charge is 0.481 e. The first-order chi connectivity index (χ1) is 11.1. The van der Waals surface area contributed by atoms with Gasteiger partial charge in [0.15, 0.2) is 0 Å². The number of carbonyl (C=O) groups excluding carboxylic acids is 1. The second-order valence-electron chi connectivity index (χ2n) is 5.27. The van der Waals surface area contributed by atoms with Gasteiger partial charge in [-0.1, -0.05) is 49.4 Å². The molecule has 1 N–H and O–H groups in total. The smallest absolute Gasteiger partial charge is 0.314 e. The summed E-state index contributed by atoms with van der Waals surface area (Å²) in [7, 11) is 0. The molecule has 0 aromatic heterocycles. The van der Waals surface area contributed by atoms with E-state index in [4.69, 9.17) is 5.26 Å². The summed E-state index contributed by atoms with van der Waals surface area (Å²) in [5.41, 5.74) is 3.10. The van der Waals surface area contributed by atoms with Gasteiger partial charge in [-0.05, 0) is 29.2 Å². The molecule has 0 heterocycles. The van der Waals surface area contributed by atoms with Crippen LogP contribution < -0.4 is 0 Å². The van der Waals surface area contributed by atoms with Crippen LogP contribution in [-0.2, 0) is 16.0 Å². The summed E-state index contributed by atoms with van der Waals surface area (Å²) < 4.78 is 0. The van der Waals surface area contributed by atoms with Gasteiger partial charge in [0.2, 0.25) is 0 Å². The molecule has 23 heavy (non-hydrogen) atoms. The number of carboxylic acids is 1. The van der Waals surface area contributed by atoms with Crippen molar-refractivity contribution >= 4 is 11.8 Å². The second kappa shape index (κ2) is 7.37. The molecule has 0 bridgehead atoms. The Hall–Kier alpha value is -2.93. The molecule has 0 fully saturated rings. The third kappa shape index (κ3) is 3.83. The molecule has 4 nitrogen and oxygen atoms in total. The zero-order valence-electron chi connectivity index (χ0n) is 12.8. The maximum Gasteiger partial charge on any atom is 0.314 e. The summed E-state index contributed by atoms with van der Waals surface area (Å²) >= 11 is 0. The zero-order valence-corrected chi connectivity index (χ0v) is 12.8. The van der Waals surface area contributed by atoms with E-state index in [1.54, 1.807) is 13.0 Å². The number of ketones is 1. The Morgan fingerprint density at radius 2 is 1.78 bits per heavy atom. The summed E-state index contributed by atoms with van der Waals surface area (Å²) in [6, 6.07) is 16.8. The number of Topliss-reactive ketones (excluding diaryl/α,β-unsaturated/α-hetero) is 1. The van der Waals surface area contributed by atoms with Gasteiger partial charge in [-0.25, -0.2) is 0 Å². The Kier molecular flexibility index (Phi) is 5.27. The standard InChI is InChI=1S/C19H17NO3/c1-2-18(21)17(19(22)23)11-13-7-9-14(10-8-13)16-6-4-3-5-15(16)12-20/h3-10,17H,2,11H2,1H3,(H,22,23). The monoisotopic (exact) mass is 307 g/mol. The lowest BCUT2D eigenvalue weighted by Crippen LogP contribution is -2.25. The molecule has 0 aliphatic heterocycles. The molecule has 4 heteroatoms. The fraction of sp³-hybridized carbons (Fsp3) is 0.211. The van der Waals surface area contributed by atoms with E-state index in [9.17, 15) is 14.7 Å². The van der Waals surface area contributed by atoms with Crippen LogP contribution in [0.1, 0.15) is 24.5 Å². The molecule has 2 aromatic rings. The van der Waals surface area contributed by atoms with Crippen LogP contribution in [0.4, 0.5) is 0 Å². The van der Waals surface area contributed by atoms with Crippen molar-refractivity contribution in [3.05, 3.63) is 59.7 Å². The SMILES string of the molecule is CCC(=O)C(Cc1ccc(-c2ccccc2C#N)cc1)C(=O)O. The topological polar surface area (TPSA) is 78.2 Å². The third-order valence-electron chi connectivity index (χ3n) is 3.79. The van der Waals surface area contributed by atoms with E-state index in [0.29, 0.717) is 5.56 Å². The molecule has 1 atom stereocenters. The predicted octanol–water partition coefficient (Wildman–Crippen LogP) is 3.45. The molecule has 0 saturated heterocycles. The van der Waals surface area contributed by atoms with Crippen LogP contribution in [0.3, 0.4) is 0 Å². The van der Waals surface area contributed by atoms with Crippen molar-refractivity contribution in [2.45, 2.75) is 19.8 Å². The minimum atomic E-state index is -1.09. The molecule has 2 rings (SSSR count). The Balaban J connectivity index is 2.24. The van der Waals surface area contributed by atoms with Gasteiger partial charge in [-0.15, -0.1) is 0 Å². The number of carboxylic acid groups (broad SMARTS) is 1. The molecule has 0 radical (unpaired) electrons. The van der Waals surface area contributed by atoms with Gasteiger partial charge in [0.1, 0.15) is 11.7 Å². The summed E-state index contributed by atoms with van der Waals surface area (Å²) in [4.78, 5) is 22.9. The number of hydrogen-bond acceptors (Lipinski definition) is 3. The fourth-order valence-electron chi connectivity index (χ4n) is 2.47. The summed E-state index contributed by atoms with van der Waals surface area (Å²) in [5, 5.41) is 18.3. The number of benzene rings is 2. The van der Waals surface area contributed by atoms with Crippen molar-refractivity contribution in [3.8, 4) is 17.2 Å². The number of rotatable bonds is 6. The van der Waals surface area contributed by atoms with Crippen molar-refractivity contribution in [1.82, 2.24) is 0 Å². The Morgan fingerprint density at radius 3 is 2.35 bits per heavy atom. The summed E-state index contributed by atoms with van der Waals surface area (Å²) in [5.74, 6) is -2.36. The van der Waals surface area contributed by atoms with Crippen LogP contribution in [0.2, 0.25) is 0 Å². The van der Waals surface area contributed by atoms with E-state index in [2.05, 4.69) is 6.07 Å². The Morgan fingerprint density at radius 1 is 1.13 bits per heavy atom. The van der Waals surface area contributed by atoms with Crippen molar-refractivity contribution in [2.75, 3.05) is 0 Å². The number of nitrogens with zero attached hydrogens (tertiary/aromatic N) is 1. The maximum absolute atomic E-state index is 11.7. The van der Waals surface area contributed by atoms with Crippen molar-refractivity contribution in [3.63, 3.8) is 0 Å². The van der Waals surface area contributed by atoms with E-state index in [0.717, 1.165) is 16.7 Å². The van der Waals surface area contributed by atoms with E-state index in [-0.39, 0.29) is 18.6 Å². The number of aliphatic carboxylic acids is 1. The summed E-state index contributed by atoms with van der Waals surface area (Å²) in [6.45, 7) is 1.67. The minimum Gasteiger partial charge on any atom is -0.481 e. The highest BCUT2D eigenvalue weighted by atomic mass is 16.4. The van der Waals surface area contributed by atoms with Crippen molar-refractivity contribution in [2.24, 2.45) is 5.92 Å². The molecular formula is C19H17NO3. The fourth-order valence-corrected chi connectivity index (χ4v) is 2.47. The van der Waals surface area contributed by atoms with E-state index >= 15 is 0 Å². The van der Waals surface area contributed by atoms with Gasteiger partial charge in [-0.2, -0.15) is 5.26 Å². The molecule has 1 unspecified atom stereocenters. The van der Waals surface area contributed by atoms with Gasteiger partial charge >= 0.3 is 5.97 Å². The number of hydrogen-bond donors (Lipinski definition) is 1. The Labute approximate surface area is 135 Å². The average molecular weight is 307 g/mol. The first-order valence-corrected chi connectivity index (χ1v) is 7.40. The molecule has 0 aliphatic rings. The van der Waals surface area contributed by atoms with Crippen LogP contribution >= 0.6 is 0 Å². The minimum absolute atomic E-state index is 0.183. The third-order valence-corrected chi connectivity index (χ3v) is 3.79. The molecule has 2 aromatic carbocycles. The van der Waals surface area contributed by atoms with E-state index < -0.39 is 11.9 Å². The lowest BCUT2D eigenvalue weighted by Gasteiger charge is -2.11. The molecule has 0 spiro atoms. The first kappa shape index (κ1) is 16.4. The number of carbonyl (C=O) groups is 2. The predicted molar refractivity (Wildman–Crippen MR) is 86.7 cm³/mol. The van der Waals surface area contributed by atoms with Crippen molar-refractivity contribution < 1.29 is 14.7 Å². The normalized spacial score (nSPS) is 11.5. The van der Waals surface area contributed by atoms with Crippen molar-refractivity contribution in [1.29, 1.82) is 5.26 Å². The highest BCUT2D eigenvalue weighted by Gasteiger charge is 2.24. The van der Waals surface area contributed by atoms with Crippen LogP contribution in [0, 0.1) is 17.2 Å². The van der Waals surface area contributed by atoms with E-state index in [1.807, 2.05) is 42.5 Å². The highest BCUT2D eigenvalue weighted by molar-refractivity contribution is 5.98. The maximum atomic E-state index is 11.7. The van der Waals surface area contributed by atoms with Gasteiger partial charge in [0.05, 0.1) is 11.6 Å². The van der Waals surface area contributed by atoms with Crippen LogP contribution in [0.15, 0.2) is 48.5 Å². The van der Waals surface area contributed by atoms with Gasteiger partial charge in [0, 0.05) is 6.42 Å². The van der Waals surface area contributed by atoms with E-state index in [1.165, 1.54) is 0 Å². The molecule has 0 aliphatic carbocycles. The lowest BCUT2D eigenvalue weighted by atomic mass is 9.92. The first-order valence-electron chi connectivity index (χ1n) is 7.40. The highest BCUT2D eigenvalue weighted by Crippen LogP contribution is 2.24. The zero-order chi connectivity index (χ0) is 16.8. The molecule has 116 valence electrons. The molecular weight excluding hydrogens is 290 g/mol. The lowest BCUT2D eigenvalue weighted by molar-refractivity contribution is -0.146.